The molecule has 0 bridgehead atoms. The fraction of sp³-hybridized carbons (Fsp3) is 0.435. The summed E-state index contributed by atoms with van der Waals surface area (Å²) in [5.41, 5.74) is 3.56. The van der Waals surface area contributed by atoms with Gasteiger partial charge in [-0.1, -0.05) is 36.2 Å². The van der Waals surface area contributed by atoms with Gasteiger partial charge in [0.2, 0.25) is 10.0 Å². The Labute approximate surface area is 179 Å². The molecule has 1 fully saturated rings. The molecule has 6 nitrogen and oxygen atoms in total. The maximum atomic E-state index is 13.4. The van der Waals surface area contributed by atoms with Crippen molar-refractivity contribution in [2.45, 2.75) is 57.4 Å². The highest BCUT2D eigenvalue weighted by Gasteiger charge is 2.34. The topological polar surface area (TPSA) is 78.5 Å². The van der Waals surface area contributed by atoms with Gasteiger partial charge in [-0.25, -0.2) is 13.2 Å². The first-order valence-electron chi connectivity index (χ1n) is 10.5. The number of nitrogens with zero attached hydrogens (tertiary/aromatic N) is 1. The first kappa shape index (κ1) is 22.3. The lowest BCUT2D eigenvalue weighted by molar-refractivity contribution is 0.234. The number of benzene rings is 2. The Morgan fingerprint density at radius 2 is 1.73 bits per heavy atom. The maximum Gasteiger partial charge on any atom is 0.319 e. The summed E-state index contributed by atoms with van der Waals surface area (Å²) in [5, 5.41) is 5.66. The van der Waals surface area contributed by atoms with Crippen LogP contribution in [0.15, 0.2) is 47.4 Å². The number of sulfonamides is 1. The van der Waals surface area contributed by atoms with Gasteiger partial charge < -0.3 is 10.6 Å². The number of carbonyl (C=O) groups excluding carboxylic acids is 1. The highest BCUT2D eigenvalue weighted by atomic mass is 32.2. The molecule has 0 aromatic heterocycles. The van der Waals surface area contributed by atoms with E-state index in [9.17, 15) is 13.2 Å². The van der Waals surface area contributed by atoms with E-state index in [4.69, 9.17) is 0 Å². The van der Waals surface area contributed by atoms with Crippen LogP contribution in [-0.2, 0) is 10.0 Å². The molecule has 3 rings (SSSR count). The highest BCUT2D eigenvalue weighted by molar-refractivity contribution is 7.89. The summed E-state index contributed by atoms with van der Waals surface area (Å²) in [4.78, 5) is 12.6. The Hall–Kier alpha value is -2.38. The molecule has 2 amide bonds. The van der Waals surface area contributed by atoms with Crippen molar-refractivity contribution in [3.63, 3.8) is 0 Å². The van der Waals surface area contributed by atoms with Crippen molar-refractivity contribution >= 4 is 21.7 Å². The minimum Gasteiger partial charge on any atom is -0.338 e. The predicted molar refractivity (Wildman–Crippen MR) is 120 cm³/mol. The molecule has 2 aromatic rings. The fourth-order valence-electron chi connectivity index (χ4n) is 3.85. The molecule has 30 heavy (non-hydrogen) atoms. The zero-order valence-electron chi connectivity index (χ0n) is 17.9. The van der Waals surface area contributed by atoms with E-state index in [1.165, 1.54) is 0 Å². The third-order valence-electron chi connectivity index (χ3n) is 5.58. The van der Waals surface area contributed by atoms with Gasteiger partial charge in [-0.15, -0.1) is 0 Å². The van der Waals surface area contributed by atoms with E-state index in [0.717, 1.165) is 41.6 Å². The lowest BCUT2D eigenvalue weighted by Gasteiger charge is -2.35. The van der Waals surface area contributed by atoms with E-state index in [1.807, 2.05) is 57.2 Å². The molecule has 0 unspecified atom stereocenters. The fourth-order valence-corrected chi connectivity index (χ4v) is 5.89. The Kier molecular flexibility index (Phi) is 7.15. The van der Waals surface area contributed by atoms with E-state index < -0.39 is 10.0 Å². The van der Waals surface area contributed by atoms with Crippen molar-refractivity contribution in [3.05, 3.63) is 59.2 Å². The zero-order chi connectivity index (χ0) is 21.7. The normalized spacial score (nSPS) is 17.5. The number of rotatable bonds is 6. The van der Waals surface area contributed by atoms with Gasteiger partial charge in [-0.2, -0.15) is 4.31 Å². The molecule has 1 aliphatic heterocycles. The highest BCUT2D eigenvalue weighted by Crippen LogP contribution is 2.29. The Morgan fingerprint density at radius 3 is 2.47 bits per heavy atom. The van der Waals surface area contributed by atoms with Crippen molar-refractivity contribution in [1.82, 2.24) is 9.62 Å². The zero-order valence-corrected chi connectivity index (χ0v) is 18.8. The summed E-state index contributed by atoms with van der Waals surface area (Å²) in [5.74, 6) is 0. The van der Waals surface area contributed by atoms with Gasteiger partial charge in [0.1, 0.15) is 0 Å². The van der Waals surface area contributed by atoms with E-state index in [2.05, 4.69) is 10.6 Å². The number of amides is 2. The smallest absolute Gasteiger partial charge is 0.319 e. The lowest BCUT2D eigenvalue weighted by atomic mass is 10.0. The van der Waals surface area contributed by atoms with Gasteiger partial charge >= 0.3 is 6.03 Å². The number of urea groups is 1. The van der Waals surface area contributed by atoms with Gasteiger partial charge in [-0.3, -0.25) is 0 Å². The first-order chi connectivity index (χ1) is 14.3. The van der Waals surface area contributed by atoms with Crippen LogP contribution in [0, 0.1) is 20.8 Å². The second-order valence-electron chi connectivity index (χ2n) is 8.07. The van der Waals surface area contributed by atoms with Gasteiger partial charge in [0.15, 0.2) is 0 Å². The summed E-state index contributed by atoms with van der Waals surface area (Å²) < 4.78 is 28.4. The molecule has 1 atom stereocenters. The monoisotopic (exact) mass is 429 g/mol. The van der Waals surface area contributed by atoms with E-state index in [0.29, 0.717) is 24.4 Å². The summed E-state index contributed by atoms with van der Waals surface area (Å²) >= 11 is 0. The largest absolute Gasteiger partial charge is 0.338 e. The minimum absolute atomic E-state index is 0.108. The number of hydrogen-bond acceptors (Lipinski definition) is 3. The number of carbonyl (C=O) groups is 1. The standard InChI is InChI=1S/C23H31N3O3S/c1-17-8-11-20(12-9-17)25-23(27)24-14-13-21-6-4-5-15-26(21)30(28,29)22-16-18(2)7-10-19(22)3/h7-12,16,21H,4-6,13-15H2,1-3H3,(H2,24,25,27)/t21-/m1/s1. The van der Waals surface area contributed by atoms with Crippen LogP contribution in [-0.4, -0.2) is 37.9 Å². The quantitative estimate of drug-likeness (QED) is 0.716. The minimum atomic E-state index is -3.56. The average molecular weight is 430 g/mol. The van der Waals surface area contributed by atoms with E-state index in [1.54, 1.807) is 10.4 Å². The summed E-state index contributed by atoms with van der Waals surface area (Å²) in [6.45, 7) is 6.67. The van der Waals surface area contributed by atoms with Crippen molar-refractivity contribution in [2.24, 2.45) is 0 Å². The van der Waals surface area contributed by atoms with Crippen LogP contribution in [0.2, 0.25) is 0 Å². The van der Waals surface area contributed by atoms with Crippen molar-refractivity contribution in [2.75, 3.05) is 18.4 Å². The molecule has 0 radical (unpaired) electrons. The Balaban J connectivity index is 1.62. The molecule has 1 heterocycles. The number of anilines is 1. The second-order valence-corrected chi connectivity index (χ2v) is 9.93. The predicted octanol–water partition coefficient (Wildman–Crippen LogP) is 4.37. The third kappa shape index (κ3) is 5.40. The Morgan fingerprint density at radius 1 is 1.03 bits per heavy atom. The van der Waals surface area contributed by atoms with Crippen molar-refractivity contribution in [1.29, 1.82) is 0 Å². The molecule has 162 valence electrons. The first-order valence-corrected chi connectivity index (χ1v) is 11.9. The van der Waals surface area contributed by atoms with Crippen LogP contribution in [0.4, 0.5) is 10.5 Å². The van der Waals surface area contributed by atoms with Gasteiger partial charge in [-0.05, 0) is 69.4 Å². The number of piperidine rings is 1. The van der Waals surface area contributed by atoms with Crippen LogP contribution in [0.1, 0.15) is 42.4 Å². The molecule has 0 aliphatic carbocycles. The molecule has 2 aromatic carbocycles. The second kappa shape index (κ2) is 9.62. The lowest BCUT2D eigenvalue weighted by Crippen LogP contribution is -2.45. The molecule has 0 saturated carbocycles. The maximum absolute atomic E-state index is 13.4. The van der Waals surface area contributed by atoms with E-state index >= 15 is 0 Å². The molecule has 0 spiro atoms. The van der Waals surface area contributed by atoms with Crippen LogP contribution < -0.4 is 10.6 Å². The Bertz CT molecular complexity index is 987. The van der Waals surface area contributed by atoms with Crippen LogP contribution >= 0.6 is 0 Å². The van der Waals surface area contributed by atoms with Gasteiger partial charge in [0, 0.05) is 24.8 Å². The molecular formula is C23H31N3O3S. The molecular weight excluding hydrogens is 398 g/mol. The van der Waals surface area contributed by atoms with Crippen molar-refractivity contribution in [3.8, 4) is 0 Å². The molecule has 2 N–H and O–H groups in total. The van der Waals surface area contributed by atoms with Gasteiger partial charge in [0.25, 0.3) is 0 Å². The SMILES string of the molecule is Cc1ccc(NC(=O)NCC[C@H]2CCCCN2S(=O)(=O)c2cc(C)ccc2C)cc1. The van der Waals surface area contributed by atoms with Crippen molar-refractivity contribution < 1.29 is 13.2 Å². The van der Waals surface area contributed by atoms with E-state index in [-0.39, 0.29) is 12.1 Å². The summed E-state index contributed by atoms with van der Waals surface area (Å²) in [6, 6.07) is 12.7. The molecule has 1 saturated heterocycles. The van der Waals surface area contributed by atoms with Crippen LogP contribution in [0.25, 0.3) is 0 Å². The van der Waals surface area contributed by atoms with Crippen LogP contribution in [0.3, 0.4) is 0 Å². The molecule has 7 heteroatoms. The summed E-state index contributed by atoms with van der Waals surface area (Å²) in [6.07, 6.45) is 3.26. The number of hydrogen-bond donors (Lipinski definition) is 2. The van der Waals surface area contributed by atoms with Gasteiger partial charge in [0.05, 0.1) is 4.90 Å². The summed E-state index contributed by atoms with van der Waals surface area (Å²) in [7, 11) is -3.56. The molecule has 1 aliphatic rings. The average Bonchev–Trinajstić information content (AvgIpc) is 2.72. The number of nitrogens with one attached hydrogen (secondary N) is 2. The number of aryl methyl sites for hydroxylation is 3. The third-order valence-corrected chi connectivity index (χ3v) is 7.67. The van der Waals surface area contributed by atoms with Crippen LogP contribution in [0.5, 0.6) is 0 Å².